The Bertz CT molecular complexity index is 467. The molecule has 0 radical (unpaired) electrons. The van der Waals surface area contributed by atoms with Crippen LogP contribution in [0.25, 0.3) is 0 Å². The molecule has 18 heavy (non-hydrogen) atoms. The highest BCUT2D eigenvalue weighted by Gasteiger charge is 2.32. The van der Waals surface area contributed by atoms with Gasteiger partial charge in [-0.05, 0) is 40.7 Å². The van der Waals surface area contributed by atoms with E-state index in [0.717, 1.165) is 11.1 Å². The molecule has 1 aromatic carbocycles. The van der Waals surface area contributed by atoms with E-state index in [0.29, 0.717) is 0 Å². The zero-order valence-electron chi connectivity index (χ0n) is 10.4. The van der Waals surface area contributed by atoms with Crippen LogP contribution >= 0.6 is 22.6 Å². The summed E-state index contributed by atoms with van der Waals surface area (Å²) in [5.41, 5.74) is 2.28. The van der Waals surface area contributed by atoms with E-state index < -0.39 is 0 Å². The van der Waals surface area contributed by atoms with Crippen molar-refractivity contribution in [2.45, 2.75) is 26.1 Å². The van der Waals surface area contributed by atoms with Gasteiger partial charge in [-0.25, -0.2) is 0 Å². The molecule has 1 heterocycles. The molecular weight excluding hydrogens is 343 g/mol. The average Bonchev–Trinajstić information content (AvgIpc) is 2.65. The van der Waals surface area contributed by atoms with Crippen LogP contribution in [0, 0.1) is 0 Å². The quantitative estimate of drug-likeness (QED) is 0.614. The highest BCUT2D eigenvalue weighted by Crippen LogP contribution is 2.41. The summed E-state index contributed by atoms with van der Waals surface area (Å²) in [5.74, 6) is -0.274. The number of hydrogen-bond donors (Lipinski definition) is 0. The van der Waals surface area contributed by atoms with Gasteiger partial charge in [-0.1, -0.05) is 30.3 Å². The molecule has 2 atom stereocenters. The Morgan fingerprint density at radius 1 is 1.39 bits per heavy atom. The Kier molecular flexibility index (Phi) is 4.40. The number of esters is 1. The van der Waals surface area contributed by atoms with Gasteiger partial charge in [0.1, 0.15) is 18.8 Å². The Morgan fingerprint density at radius 3 is 2.67 bits per heavy atom. The van der Waals surface area contributed by atoms with Gasteiger partial charge in [0.05, 0.1) is 0 Å². The standard InChI is InChI=1S/C14H15IO3/c1-9-12(8-17-10(2)16)18-14(13(9)15)11-6-4-3-5-7-11/h3-7,12,14H,8H2,1-2H3. The molecule has 1 aliphatic heterocycles. The van der Waals surface area contributed by atoms with Crippen LogP contribution in [-0.2, 0) is 14.3 Å². The average molecular weight is 358 g/mol. The summed E-state index contributed by atoms with van der Waals surface area (Å²) < 4.78 is 12.2. The van der Waals surface area contributed by atoms with E-state index in [2.05, 4.69) is 22.6 Å². The fourth-order valence-corrected chi connectivity index (χ4v) is 2.75. The van der Waals surface area contributed by atoms with E-state index in [1.807, 2.05) is 37.3 Å². The van der Waals surface area contributed by atoms with Crippen molar-refractivity contribution in [3.05, 3.63) is 45.0 Å². The Labute approximate surface area is 120 Å². The topological polar surface area (TPSA) is 35.5 Å². The zero-order valence-corrected chi connectivity index (χ0v) is 12.5. The van der Waals surface area contributed by atoms with E-state index in [1.165, 1.54) is 10.5 Å². The third kappa shape index (κ3) is 2.92. The maximum absolute atomic E-state index is 10.8. The van der Waals surface area contributed by atoms with Crippen molar-refractivity contribution in [1.82, 2.24) is 0 Å². The van der Waals surface area contributed by atoms with Gasteiger partial charge in [0.2, 0.25) is 0 Å². The van der Waals surface area contributed by atoms with Gasteiger partial charge in [0.15, 0.2) is 0 Å². The van der Waals surface area contributed by atoms with Crippen molar-refractivity contribution >= 4 is 28.6 Å². The molecule has 0 saturated carbocycles. The van der Waals surface area contributed by atoms with Crippen molar-refractivity contribution in [3.8, 4) is 0 Å². The van der Waals surface area contributed by atoms with Crippen LogP contribution in [0.2, 0.25) is 0 Å². The van der Waals surface area contributed by atoms with E-state index >= 15 is 0 Å². The second-order valence-corrected chi connectivity index (χ2v) is 5.41. The third-order valence-corrected chi connectivity index (χ3v) is 4.35. The van der Waals surface area contributed by atoms with Gasteiger partial charge in [0, 0.05) is 10.5 Å². The summed E-state index contributed by atoms with van der Waals surface area (Å²) in [4.78, 5) is 10.8. The molecule has 3 nitrogen and oxygen atoms in total. The number of hydrogen-bond acceptors (Lipinski definition) is 3. The minimum Gasteiger partial charge on any atom is -0.463 e. The lowest BCUT2D eigenvalue weighted by Gasteiger charge is -2.15. The molecule has 0 aliphatic carbocycles. The first-order valence-corrected chi connectivity index (χ1v) is 6.87. The second-order valence-electron chi connectivity index (χ2n) is 4.25. The van der Waals surface area contributed by atoms with E-state index in [-0.39, 0.29) is 24.8 Å². The van der Waals surface area contributed by atoms with Gasteiger partial charge in [0.25, 0.3) is 0 Å². The largest absolute Gasteiger partial charge is 0.463 e. The smallest absolute Gasteiger partial charge is 0.302 e. The molecule has 0 spiro atoms. The lowest BCUT2D eigenvalue weighted by atomic mass is 10.1. The Morgan fingerprint density at radius 2 is 2.06 bits per heavy atom. The van der Waals surface area contributed by atoms with Gasteiger partial charge >= 0.3 is 5.97 Å². The fourth-order valence-electron chi connectivity index (χ4n) is 1.90. The van der Waals surface area contributed by atoms with Crippen molar-refractivity contribution in [3.63, 3.8) is 0 Å². The number of benzene rings is 1. The van der Waals surface area contributed by atoms with Gasteiger partial charge in [-0.3, -0.25) is 4.79 Å². The summed E-state index contributed by atoms with van der Waals surface area (Å²) >= 11 is 2.31. The molecule has 0 saturated heterocycles. The molecule has 2 rings (SSSR count). The lowest BCUT2D eigenvalue weighted by Crippen LogP contribution is -2.19. The maximum atomic E-state index is 10.8. The van der Waals surface area contributed by atoms with Gasteiger partial charge in [-0.2, -0.15) is 0 Å². The number of ether oxygens (including phenoxy) is 2. The molecule has 96 valence electrons. The molecule has 1 aliphatic rings. The van der Waals surface area contributed by atoms with Crippen molar-refractivity contribution < 1.29 is 14.3 Å². The van der Waals surface area contributed by atoms with Crippen LogP contribution in [-0.4, -0.2) is 18.7 Å². The molecule has 4 heteroatoms. The molecule has 0 bridgehead atoms. The summed E-state index contributed by atoms with van der Waals surface area (Å²) in [5, 5.41) is 0. The second kappa shape index (κ2) is 5.84. The molecule has 1 aromatic rings. The molecule has 0 aromatic heterocycles. The Hall–Kier alpha value is -0.880. The highest BCUT2D eigenvalue weighted by molar-refractivity contribution is 14.1. The predicted octanol–water partition coefficient (Wildman–Crippen LogP) is 3.40. The van der Waals surface area contributed by atoms with E-state index in [9.17, 15) is 4.79 Å². The molecule has 2 unspecified atom stereocenters. The predicted molar refractivity (Wildman–Crippen MR) is 77.4 cm³/mol. The summed E-state index contributed by atoms with van der Waals surface area (Å²) in [6, 6.07) is 10.1. The van der Waals surface area contributed by atoms with E-state index in [4.69, 9.17) is 9.47 Å². The number of carbonyl (C=O) groups excluding carboxylic acids is 1. The summed E-state index contributed by atoms with van der Waals surface area (Å²) in [7, 11) is 0. The molecule has 0 N–H and O–H groups in total. The van der Waals surface area contributed by atoms with Crippen LogP contribution in [0.5, 0.6) is 0 Å². The van der Waals surface area contributed by atoms with E-state index in [1.54, 1.807) is 0 Å². The first-order chi connectivity index (χ1) is 8.59. The summed E-state index contributed by atoms with van der Waals surface area (Å²) in [6.45, 7) is 3.73. The SMILES string of the molecule is CC(=O)OCC1OC(c2ccccc2)C(I)=C1C. The zero-order chi connectivity index (χ0) is 13.1. The fraction of sp³-hybridized carbons (Fsp3) is 0.357. The number of carbonyl (C=O) groups is 1. The first kappa shape index (κ1) is 13.5. The monoisotopic (exact) mass is 358 g/mol. The Balaban J connectivity index is 2.11. The first-order valence-electron chi connectivity index (χ1n) is 5.79. The summed E-state index contributed by atoms with van der Waals surface area (Å²) in [6.07, 6.45) is -0.168. The third-order valence-electron chi connectivity index (χ3n) is 2.93. The number of rotatable bonds is 3. The lowest BCUT2D eigenvalue weighted by molar-refractivity contribution is -0.144. The minimum atomic E-state index is -0.274. The van der Waals surface area contributed by atoms with Crippen molar-refractivity contribution in [2.75, 3.05) is 6.61 Å². The van der Waals surface area contributed by atoms with Crippen LogP contribution < -0.4 is 0 Å². The van der Waals surface area contributed by atoms with Crippen LogP contribution in [0.15, 0.2) is 39.5 Å². The van der Waals surface area contributed by atoms with Gasteiger partial charge in [-0.15, -0.1) is 0 Å². The minimum absolute atomic E-state index is 0.0349. The van der Waals surface area contributed by atoms with Crippen molar-refractivity contribution in [2.24, 2.45) is 0 Å². The maximum Gasteiger partial charge on any atom is 0.302 e. The van der Waals surface area contributed by atoms with Crippen LogP contribution in [0.1, 0.15) is 25.5 Å². The van der Waals surface area contributed by atoms with Crippen molar-refractivity contribution in [1.29, 1.82) is 0 Å². The highest BCUT2D eigenvalue weighted by atomic mass is 127. The number of halogens is 1. The van der Waals surface area contributed by atoms with Crippen LogP contribution in [0.4, 0.5) is 0 Å². The molecule has 0 amide bonds. The van der Waals surface area contributed by atoms with Crippen LogP contribution in [0.3, 0.4) is 0 Å². The van der Waals surface area contributed by atoms with Gasteiger partial charge < -0.3 is 9.47 Å². The molecular formula is C14H15IO3. The molecule has 0 fully saturated rings. The normalized spacial score (nSPS) is 23.3.